The molecule has 10 nitrogen and oxygen atoms in total. The first-order chi connectivity index (χ1) is 19.8. The van der Waals surface area contributed by atoms with Gasteiger partial charge in [0, 0.05) is 82.0 Å². The summed E-state index contributed by atoms with van der Waals surface area (Å²) < 4.78 is 20.7. The average molecular weight is 604 g/mol. The van der Waals surface area contributed by atoms with Gasteiger partial charge >= 0.3 is 6.03 Å². The lowest BCUT2D eigenvalue weighted by atomic mass is 10.1. The molecule has 5 rings (SSSR count). The maximum Gasteiger partial charge on any atom is 0.316 e. The predicted molar refractivity (Wildman–Crippen MR) is 159 cm³/mol. The van der Waals surface area contributed by atoms with Crippen molar-refractivity contribution in [2.75, 3.05) is 71.5 Å². The van der Waals surface area contributed by atoms with Crippen molar-refractivity contribution in [2.45, 2.75) is 18.4 Å². The van der Waals surface area contributed by atoms with E-state index in [0.29, 0.717) is 41.9 Å². The number of amides is 2. The molecule has 3 heterocycles. The molecule has 2 aliphatic rings. The normalized spacial score (nSPS) is 21.2. The van der Waals surface area contributed by atoms with Crippen LogP contribution in [0.1, 0.15) is 5.56 Å². The first kappa shape index (κ1) is 29.5. The number of nitrogens with zero attached hydrogens (tertiary/aromatic N) is 5. The zero-order valence-electron chi connectivity index (χ0n) is 23.3. The summed E-state index contributed by atoms with van der Waals surface area (Å²) in [6, 6.07) is 13.4. The molecule has 0 radical (unpaired) electrons. The number of benzene rings is 2. The number of carbonyl (C=O) groups excluding carboxylic acids is 1. The molecule has 3 aromatic rings. The third-order valence-corrected chi connectivity index (χ3v) is 7.82. The van der Waals surface area contributed by atoms with Crippen LogP contribution in [0.5, 0.6) is 5.75 Å². The van der Waals surface area contributed by atoms with Gasteiger partial charge in [0.2, 0.25) is 5.79 Å². The number of piperazine rings is 1. The number of ether oxygens (including phenoxy) is 3. The number of carbonyl (C=O) groups is 1. The lowest BCUT2D eigenvalue weighted by molar-refractivity contribution is -0.189. The molecule has 0 aliphatic carbocycles. The molecule has 0 bridgehead atoms. The largest absolute Gasteiger partial charge is 0.491 e. The Morgan fingerprint density at radius 3 is 2.61 bits per heavy atom. The van der Waals surface area contributed by atoms with E-state index < -0.39 is 5.79 Å². The first-order valence-corrected chi connectivity index (χ1v) is 14.5. The number of urea groups is 1. The summed E-state index contributed by atoms with van der Waals surface area (Å²) in [7, 11) is 3.49. The number of anilines is 1. The molecule has 2 atom stereocenters. The van der Waals surface area contributed by atoms with E-state index in [2.05, 4.69) is 32.2 Å². The quantitative estimate of drug-likeness (QED) is 0.376. The van der Waals surface area contributed by atoms with Gasteiger partial charge in [0.15, 0.2) is 0 Å². The van der Waals surface area contributed by atoms with E-state index in [1.807, 2.05) is 29.0 Å². The minimum absolute atomic E-state index is 0.0577. The van der Waals surface area contributed by atoms with Gasteiger partial charge in [-0.15, -0.1) is 0 Å². The number of imidazole rings is 1. The Kier molecular flexibility index (Phi) is 9.57. The van der Waals surface area contributed by atoms with E-state index in [-0.39, 0.29) is 12.1 Å². The molecular formula is C29H36Cl2N6O4. The zero-order chi connectivity index (χ0) is 28.8. The van der Waals surface area contributed by atoms with Crippen LogP contribution >= 0.6 is 23.2 Å². The minimum Gasteiger partial charge on any atom is -0.491 e. The summed E-state index contributed by atoms with van der Waals surface area (Å²) >= 11 is 12.7. The fraction of sp³-hybridized carbons (Fsp3) is 0.448. The van der Waals surface area contributed by atoms with Crippen LogP contribution in [0, 0.1) is 0 Å². The highest BCUT2D eigenvalue weighted by molar-refractivity contribution is 6.35. The molecule has 1 aromatic heterocycles. The molecule has 2 fully saturated rings. The fourth-order valence-corrected chi connectivity index (χ4v) is 5.58. The highest BCUT2D eigenvalue weighted by atomic mass is 35.5. The molecule has 0 spiro atoms. The first-order valence-electron chi connectivity index (χ1n) is 13.7. The number of hydrogen-bond acceptors (Lipinski definition) is 7. The molecule has 41 heavy (non-hydrogen) atoms. The number of hydrogen-bond donors (Lipinski definition) is 1. The van der Waals surface area contributed by atoms with Crippen molar-refractivity contribution >= 4 is 34.9 Å². The standard InChI is InChI=1S/C29H36Cl2N6O4/c1-34(2)28(38)33-10-12-35-13-15-37(16-14-35)23-4-6-24(7-5-23)39-18-25-19-40-29(41-25,20-36-11-9-32-21-36)26-8-3-22(30)17-27(26)31/h3-9,11,17,21,25H,10,12-16,18-20H2,1-2H3,(H,33,38). The van der Waals surface area contributed by atoms with Gasteiger partial charge in [-0.2, -0.15) is 0 Å². The Balaban J connectivity index is 1.12. The van der Waals surface area contributed by atoms with Crippen molar-refractivity contribution in [3.63, 3.8) is 0 Å². The smallest absolute Gasteiger partial charge is 0.316 e. The van der Waals surface area contributed by atoms with Gasteiger partial charge in [-0.25, -0.2) is 9.78 Å². The van der Waals surface area contributed by atoms with Crippen LogP contribution in [0.25, 0.3) is 0 Å². The van der Waals surface area contributed by atoms with E-state index in [4.69, 9.17) is 37.4 Å². The summed E-state index contributed by atoms with van der Waals surface area (Å²) in [6.07, 6.45) is 5.00. The molecule has 2 unspecified atom stereocenters. The van der Waals surface area contributed by atoms with Crippen molar-refractivity contribution in [1.29, 1.82) is 0 Å². The Morgan fingerprint density at radius 1 is 1.15 bits per heavy atom. The van der Waals surface area contributed by atoms with Gasteiger partial charge in [0.1, 0.15) is 18.5 Å². The van der Waals surface area contributed by atoms with E-state index in [1.165, 1.54) is 0 Å². The second-order valence-electron chi connectivity index (χ2n) is 10.4. The summed E-state index contributed by atoms with van der Waals surface area (Å²) in [6.45, 7) is 6.34. The Bertz CT molecular complexity index is 1280. The Morgan fingerprint density at radius 2 is 1.93 bits per heavy atom. The summed E-state index contributed by atoms with van der Waals surface area (Å²) in [5.41, 5.74) is 1.87. The van der Waals surface area contributed by atoms with Gasteiger partial charge in [-0.1, -0.05) is 29.3 Å². The van der Waals surface area contributed by atoms with Crippen LogP contribution in [0.3, 0.4) is 0 Å². The molecule has 0 saturated carbocycles. The number of halogens is 2. The van der Waals surface area contributed by atoms with Gasteiger partial charge in [-0.3, -0.25) is 4.90 Å². The number of nitrogens with one attached hydrogen (secondary N) is 1. The van der Waals surface area contributed by atoms with Crippen LogP contribution in [0.15, 0.2) is 61.2 Å². The van der Waals surface area contributed by atoms with Gasteiger partial charge in [0.05, 0.1) is 24.5 Å². The van der Waals surface area contributed by atoms with E-state index in [1.54, 1.807) is 43.7 Å². The van der Waals surface area contributed by atoms with Gasteiger partial charge < -0.3 is 33.9 Å². The monoisotopic (exact) mass is 602 g/mol. The SMILES string of the molecule is CN(C)C(=O)NCCN1CCN(c2ccc(OCC3COC(Cn4ccnc4)(c4ccc(Cl)cc4Cl)O3)cc2)CC1. The van der Waals surface area contributed by atoms with Crippen molar-refractivity contribution in [3.05, 3.63) is 76.8 Å². The maximum absolute atomic E-state index is 11.7. The third-order valence-electron chi connectivity index (χ3n) is 7.27. The van der Waals surface area contributed by atoms with Crippen LogP contribution in [0.4, 0.5) is 10.5 Å². The van der Waals surface area contributed by atoms with Gasteiger partial charge in [-0.05, 0) is 36.4 Å². The Labute approximate surface area is 250 Å². The van der Waals surface area contributed by atoms with Crippen LogP contribution < -0.4 is 15.0 Å². The zero-order valence-corrected chi connectivity index (χ0v) is 24.9. The molecule has 1 N–H and O–H groups in total. The molecule has 2 aliphatic heterocycles. The van der Waals surface area contributed by atoms with Crippen LogP contribution in [-0.2, 0) is 21.8 Å². The molecule has 2 amide bonds. The van der Waals surface area contributed by atoms with Crippen molar-refractivity contribution in [3.8, 4) is 5.75 Å². The fourth-order valence-electron chi connectivity index (χ4n) is 5.03. The topological polar surface area (TPSA) is 84.3 Å². The second-order valence-corrected chi connectivity index (χ2v) is 11.3. The highest BCUT2D eigenvalue weighted by Gasteiger charge is 2.45. The van der Waals surface area contributed by atoms with Crippen molar-refractivity contribution in [1.82, 2.24) is 24.7 Å². The minimum atomic E-state index is -1.08. The second kappa shape index (κ2) is 13.3. The molecule has 220 valence electrons. The molecule has 12 heteroatoms. The van der Waals surface area contributed by atoms with E-state index in [9.17, 15) is 4.79 Å². The lowest BCUT2D eigenvalue weighted by Crippen LogP contribution is -2.49. The summed E-state index contributed by atoms with van der Waals surface area (Å²) in [4.78, 5) is 22.1. The number of rotatable bonds is 10. The number of aromatic nitrogens is 2. The molecule has 2 aromatic carbocycles. The molecule has 2 saturated heterocycles. The third kappa shape index (κ3) is 7.44. The van der Waals surface area contributed by atoms with Crippen LogP contribution in [0.2, 0.25) is 10.0 Å². The van der Waals surface area contributed by atoms with E-state index >= 15 is 0 Å². The summed E-state index contributed by atoms with van der Waals surface area (Å²) in [5, 5.41) is 3.95. The highest BCUT2D eigenvalue weighted by Crippen LogP contribution is 2.40. The summed E-state index contributed by atoms with van der Waals surface area (Å²) in [5.74, 6) is -0.315. The Hall–Kier alpha value is -3.02. The lowest BCUT2D eigenvalue weighted by Gasteiger charge is -2.36. The molecular weight excluding hydrogens is 567 g/mol. The van der Waals surface area contributed by atoms with Crippen molar-refractivity contribution in [2.24, 2.45) is 0 Å². The predicted octanol–water partition coefficient (Wildman–Crippen LogP) is 3.93. The van der Waals surface area contributed by atoms with Gasteiger partial charge in [0.25, 0.3) is 0 Å². The van der Waals surface area contributed by atoms with Crippen LogP contribution in [-0.4, -0.2) is 98.1 Å². The van der Waals surface area contributed by atoms with E-state index in [0.717, 1.165) is 44.2 Å². The maximum atomic E-state index is 11.7. The van der Waals surface area contributed by atoms with Crippen molar-refractivity contribution < 1.29 is 19.0 Å². The average Bonchev–Trinajstić information content (AvgIpc) is 3.63.